The van der Waals surface area contributed by atoms with Crippen LogP contribution in [0.1, 0.15) is 13.8 Å². The van der Waals surface area contributed by atoms with Crippen LogP contribution in [-0.4, -0.2) is 162 Å². The van der Waals surface area contributed by atoms with Crippen molar-refractivity contribution < 1.29 is 93.7 Å². The molecule has 6 rings (SSSR count). The molecular formula is C34H42O20. The summed E-state index contributed by atoms with van der Waals surface area (Å²) in [7, 11) is 1.25. The van der Waals surface area contributed by atoms with Gasteiger partial charge in [0.2, 0.25) is 11.7 Å². The van der Waals surface area contributed by atoms with Gasteiger partial charge in [-0.25, -0.2) is 0 Å². The summed E-state index contributed by atoms with van der Waals surface area (Å²) in [6.45, 7) is 2.11. The van der Waals surface area contributed by atoms with Crippen LogP contribution in [0.25, 0.3) is 22.1 Å². The highest BCUT2D eigenvalue weighted by molar-refractivity contribution is 5.89. The number of hydrogen-bond acceptors (Lipinski definition) is 20. The maximum absolute atomic E-state index is 14.1. The Hall–Kier alpha value is -3.87. The molecular weight excluding hydrogens is 728 g/mol. The largest absolute Gasteiger partial charge is 0.508 e. The van der Waals surface area contributed by atoms with Crippen LogP contribution in [0.2, 0.25) is 0 Å². The third kappa shape index (κ3) is 7.41. The molecule has 0 radical (unpaired) electrons. The van der Waals surface area contributed by atoms with E-state index in [1.54, 1.807) is 0 Å². The Balaban J connectivity index is 1.41. The fourth-order valence-corrected chi connectivity index (χ4v) is 6.42. The Morgan fingerprint density at radius 1 is 0.685 bits per heavy atom. The number of hydrogen-bond donors (Lipinski definition) is 11. The Labute approximate surface area is 305 Å². The monoisotopic (exact) mass is 770 g/mol. The number of phenolic OH excluding ortho intramolecular Hbond substituents is 3. The number of aliphatic hydroxyl groups is 8. The zero-order chi connectivity index (χ0) is 39.3. The molecule has 3 aliphatic heterocycles. The van der Waals surface area contributed by atoms with E-state index in [4.69, 9.17) is 37.6 Å². The van der Waals surface area contributed by atoms with Crippen molar-refractivity contribution in [1.82, 2.24) is 0 Å². The van der Waals surface area contributed by atoms with Crippen molar-refractivity contribution in [2.24, 2.45) is 0 Å². The molecule has 3 saturated heterocycles. The minimum Gasteiger partial charge on any atom is -0.508 e. The molecule has 4 heterocycles. The summed E-state index contributed by atoms with van der Waals surface area (Å²) in [5.74, 6) is -2.26. The number of aromatic hydroxyl groups is 3. The van der Waals surface area contributed by atoms with Gasteiger partial charge in [0.25, 0.3) is 5.95 Å². The molecule has 20 heteroatoms. The van der Waals surface area contributed by atoms with Gasteiger partial charge in [0.15, 0.2) is 41.5 Å². The van der Waals surface area contributed by atoms with Crippen LogP contribution in [0.3, 0.4) is 0 Å². The van der Waals surface area contributed by atoms with Crippen molar-refractivity contribution in [3.8, 4) is 40.1 Å². The lowest BCUT2D eigenvalue weighted by Gasteiger charge is -2.46. The maximum atomic E-state index is 14.1. The van der Waals surface area contributed by atoms with Crippen molar-refractivity contribution in [2.45, 2.75) is 106 Å². The molecule has 0 aliphatic carbocycles. The number of fused-ring (bicyclic) bond motifs is 1. The van der Waals surface area contributed by atoms with Crippen LogP contribution < -0.4 is 14.9 Å². The molecule has 2 aromatic carbocycles. The molecule has 54 heavy (non-hydrogen) atoms. The number of rotatable bonds is 9. The molecule has 0 amide bonds. The Morgan fingerprint density at radius 2 is 1.31 bits per heavy atom. The minimum absolute atomic E-state index is 0.0159. The molecule has 3 aromatic rings. The molecule has 0 bridgehead atoms. The van der Waals surface area contributed by atoms with Gasteiger partial charge in [0.05, 0.1) is 31.3 Å². The summed E-state index contributed by atoms with van der Waals surface area (Å²) in [5, 5.41) is 115. The SMILES string of the molecule is COc1cc(-c2c(OC3OC(COC4OC(C)C(O)C(O)C4O)C(O)C(O)C3OC3OC(C)C(O)C(O)C3O)oc3c(O)cc(O)cc3c2=O)ccc1O. The van der Waals surface area contributed by atoms with Crippen LogP contribution in [0.15, 0.2) is 39.5 Å². The van der Waals surface area contributed by atoms with Crippen molar-refractivity contribution in [3.05, 3.63) is 40.6 Å². The summed E-state index contributed by atoms with van der Waals surface area (Å²) >= 11 is 0. The first-order valence-corrected chi connectivity index (χ1v) is 16.8. The van der Waals surface area contributed by atoms with E-state index in [1.165, 1.54) is 39.2 Å². The predicted octanol–water partition coefficient (Wildman–Crippen LogP) is -2.53. The molecule has 11 N–H and O–H groups in total. The van der Waals surface area contributed by atoms with Gasteiger partial charge in [-0.1, -0.05) is 6.07 Å². The highest BCUT2D eigenvalue weighted by Crippen LogP contribution is 2.40. The van der Waals surface area contributed by atoms with Crippen molar-refractivity contribution in [2.75, 3.05) is 13.7 Å². The lowest BCUT2D eigenvalue weighted by Crippen LogP contribution is -2.65. The summed E-state index contributed by atoms with van der Waals surface area (Å²) in [6.07, 6.45) is -24.8. The summed E-state index contributed by atoms with van der Waals surface area (Å²) < 4.78 is 45.5. The van der Waals surface area contributed by atoms with E-state index in [9.17, 15) is 61.0 Å². The first kappa shape index (κ1) is 39.8. The molecule has 3 aliphatic rings. The first-order valence-electron chi connectivity index (χ1n) is 16.8. The minimum atomic E-state index is -2.01. The summed E-state index contributed by atoms with van der Waals surface area (Å²) in [6, 6.07) is 5.63. The standard InChI is InChI=1S/C34H42O20/c1-10-20(38)24(42)27(45)32(49-10)48-9-18-23(41)26(44)30(53-33-28(46)25(43)21(39)11(2)50-33)34(51-18)54-31-19(12-4-5-15(36)17(6-12)47-3)22(40)14-7-13(35)8-16(37)29(14)52-31/h4-8,10-11,18,20-21,23-28,30,32-39,41-46H,9H2,1-3H3. The van der Waals surface area contributed by atoms with Gasteiger partial charge in [0.1, 0.15) is 66.2 Å². The van der Waals surface area contributed by atoms with E-state index in [0.717, 1.165) is 12.1 Å². The van der Waals surface area contributed by atoms with Crippen LogP contribution in [0.4, 0.5) is 0 Å². The molecule has 20 nitrogen and oxygen atoms in total. The number of aliphatic hydroxyl groups excluding tert-OH is 8. The normalized spacial score (nSPS) is 37.3. The van der Waals surface area contributed by atoms with Crippen molar-refractivity contribution in [3.63, 3.8) is 0 Å². The highest BCUT2D eigenvalue weighted by atomic mass is 16.8. The fraction of sp³-hybridized carbons (Fsp3) is 0.559. The quantitative estimate of drug-likeness (QED) is 0.107. The second-order valence-corrected chi connectivity index (χ2v) is 13.3. The number of methoxy groups -OCH3 is 1. The molecule has 0 spiro atoms. The van der Waals surface area contributed by atoms with E-state index < -0.39 is 127 Å². The molecule has 15 atom stereocenters. The van der Waals surface area contributed by atoms with Crippen LogP contribution in [0, 0.1) is 0 Å². The lowest BCUT2D eigenvalue weighted by molar-refractivity contribution is -0.360. The Morgan fingerprint density at radius 3 is 1.96 bits per heavy atom. The van der Waals surface area contributed by atoms with Crippen molar-refractivity contribution in [1.29, 1.82) is 0 Å². The van der Waals surface area contributed by atoms with Gasteiger partial charge < -0.3 is 93.7 Å². The van der Waals surface area contributed by atoms with E-state index >= 15 is 0 Å². The van der Waals surface area contributed by atoms with E-state index in [1.807, 2.05) is 0 Å². The van der Waals surface area contributed by atoms with Crippen LogP contribution in [0.5, 0.6) is 28.9 Å². The third-order valence-electron chi connectivity index (χ3n) is 9.59. The van der Waals surface area contributed by atoms with Gasteiger partial charge in [0, 0.05) is 6.07 Å². The molecule has 1 aromatic heterocycles. The Kier molecular flexibility index (Phi) is 11.6. The molecule has 15 unspecified atom stereocenters. The zero-order valence-electron chi connectivity index (χ0n) is 28.8. The number of phenols is 3. The van der Waals surface area contributed by atoms with Gasteiger partial charge in [-0.05, 0) is 37.6 Å². The topological polar surface area (TPSA) is 317 Å². The van der Waals surface area contributed by atoms with E-state index in [2.05, 4.69) is 0 Å². The number of ether oxygens (including phenoxy) is 7. The van der Waals surface area contributed by atoms with Crippen LogP contribution in [-0.2, 0) is 23.7 Å². The van der Waals surface area contributed by atoms with Gasteiger partial charge in [-0.3, -0.25) is 4.79 Å². The average molecular weight is 771 g/mol. The second kappa shape index (κ2) is 15.7. The fourth-order valence-electron chi connectivity index (χ4n) is 6.42. The zero-order valence-corrected chi connectivity index (χ0v) is 28.8. The smallest absolute Gasteiger partial charge is 0.299 e. The average Bonchev–Trinajstić information content (AvgIpc) is 3.13. The summed E-state index contributed by atoms with van der Waals surface area (Å²) in [5.41, 5.74) is -1.72. The summed E-state index contributed by atoms with van der Waals surface area (Å²) in [4.78, 5) is 14.1. The first-order chi connectivity index (χ1) is 25.5. The maximum Gasteiger partial charge on any atom is 0.299 e. The van der Waals surface area contributed by atoms with E-state index in [-0.39, 0.29) is 28.0 Å². The van der Waals surface area contributed by atoms with Crippen LogP contribution >= 0.6 is 0 Å². The highest BCUT2D eigenvalue weighted by Gasteiger charge is 2.52. The van der Waals surface area contributed by atoms with Gasteiger partial charge in [-0.2, -0.15) is 0 Å². The number of benzene rings is 2. The second-order valence-electron chi connectivity index (χ2n) is 13.3. The Bertz CT molecular complexity index is 1850. The van der Waals surface area contributed by atoms with Gasteiger partial charge in [-0.15, -0.1) is 0 Å². The van der Waals surface area contributed by atoms with Gasteiger partial charge >= 0.3 is 0 Å². The molecule has 3 fully saturated rings. The molecule has 298 valence electrons. The van der Waals surface area contributed by atoms with E-state index in [0.29, 0.717) is 0 Å². The molecule has 0 saturated carbocycles. The van der Waals surface area contributed by atoms with Crippen molar-refractivity contribution >= 4 is 11.0 Å². The lowest BCUT2D eigenvalue weighted by atomic mass is 9.97. The third-order valence-corrected chi connectivity index (χ3v) is 9.59. The predicted molar refractivity (Wildman–Crippen MR) is 176 cm³/mol.